The maximum Gasteiger partial charge on any atom is 0.238 e. The average Bonchev–Trinajstić information content (AvgIpc) is 1.58. The van der Waals surface area contributed by atoms with Crippen molar-refractivity contribution in [2.45, 2.75) is 0 Å². The van der Waals surface area contributed by atoms with E-state index in [2.05, 4.69) is 249 Å². The first-order valence-corrected chi connectivity index (χ1v) is 35.5. The Hall–Kier alpha value is -14.6. The quantitative estimate of drug-likeness (QED) is 0.127. The molecule has 0 fully saturated rings. The lowest BCUT2D eigenvalue weighted by atomic mass is 9.98. The zero-order valence-electron chi connectivity index (χ0n) is 57.1. The highest BCUT2D eigenvalue weighted by Crippen LogP contribution is 2.44. The minimum atomic E-state index is 0.581. The molecule has 0 bridgehead atoms. The highest BCUT2D eigenvalue weighted by atomic mass is 15.2. The molecule has 0 atom stereocenters. The fourth-order valence-electron chi connectivity index (χ4n) is 15.5. The largest absolute Gasteiger partial charge is 0.309 e. The molecular weight excluding hydrogens is 1300 g/mol. The van der Waals surface area contributed by atoms with E-state index in [1.54, 1.807) is 0 Å². The van der Waals surface area contributed by atoms with E-state index in [4.69, 9.17) is 34.9 Å². The van der Waals surface area contributed by atoms with Crippen LogP contribution in [0.3, 0.4) is 0 Å². The van der Waals surface area contributed by atoms with Crippen molar-refractivity contribution in [2.75, 3.05) is 0 Å². The zero-order valence-corrected chi connectivity index (χ0v) is 57.1. The summed E-state index contributed by atoms with van der Waals surface area (Å²) in [5.74, 6) is 4.66. The smallest absolute Gasteiger partial charge is 0.238 e. The van der Waals surface area contributed by atoms with Gasteiger partial charge in [0.25, 0.3) is 0 Å². The fraction of sp³-hybridized carbons (Fsp3) is 0. The first-order chi connectivity index (χ1) is 52.6. The van der Waals surface area contributed by atoms with E-state index < -0.39 is 0 Å². The molecule has 106 heavy (non-hydrogen) atoms. The van der Waals surface area contributed by atoms with Gasteiger partial charge < -0.3 is 9.13 Å². The van der Waals surface area contributed by atoms with Gasteiger partial charge in [-0.05, 0) is 119 Å². The SMILES string of the molecule is c1ccc(-c2nc(-c3ccccc3)nc(-c3cccc(-n4c5ccccc5c5cc(-c6cccc7c6c6ccccc6n7-c6ccccc6)ccc54)c3)n2)cc1.c1ccc(-c2nc(-c3ccccc3)nc(-n3c4ccccc4c4cc(-c5cccc6c5c5ccccc5n6-c5ccccn5)ccc43)n2)cc1. The highest BCUT2D eigenvalue weighted by Gasteiger charge is 2.24. The Morgan fingerprint density at radius 2 is 0.528 bits per heavy atom. The van der Waals surface area contributed by atoms with Crippen LogP contribution in [0.1, 0.15) is 0 Å². The van der Waals surface area contributed by atoms with Gasteiger partial charge in [-0.1, -0.05) is 267 Å². The zero-order chi connectivity index (χ0) is 70.0. The van der Waals surface area contributed by atoms with Crippen molar-refractivity contribution in [3.05, 3.63) is 370 Å². The van der Waals surface area contributed by atoms with Crippen LogP contribution in [0.25, 0.3) is 190 Å². The monoisotopic (exact) mass is 1360 g/mol. The van der Waals surface area contributed by atoms with Gasteiger partial charge in [0.05, 0.1) is 44.1 Å². The number of benzene rings is 14. The van der Waals surface area contributed by atoms with Gasteiger partial charge in [0.1, 0.15) is 5.82 Å². The Balaban J connectivity index is 0.000000141. The van der Waals surface area contributed by atoms with Crippen LogP contribution in [0.2, 0.25) is 0 Å². The first kappa shape index (κ1) is 61.3. The van der Waals surface area contributed by atoms with Crippen molar-refractivity contribution < 1.29 is 0 Å². The van der Waals surface area contributed by atoms with Crippen molar-refractivity contribution in [1.82, 2.24) is 53.2 Å². The van der Waals surface area contributed by atoms with Crippen molar-refractivity contribution >= 4 is 87.2 Å². The van der Waals surface area contributed by atoms with Crippen LogP contribution in [0.15, 0.2) is 370 Å². The predicted octanol–water partition coefficient (Wildman–Crippen LogP) is 23.2. The molecule has 21 aromatic rings. The van der Waals surface area contributed by atoms with Crippen LogP contribution in [0.4, 0.5) is 0 Å². The standard InChI is InChI=1S/C51H33N5.C44H28N6/c1-4-16-34(17-5-1)49-52-50(35-18-6-2-7-19-35)54-51(53-49)37-20-14-23-39(32-37)56-44-27-12-10-24-41(44)43-33-36(30-31-46(43)56)40-26-15-29-47-48(40)42-25-11-13-28-45(42)55(47)38-21-8-3-9-22-38;1-3-14-29(15-4-1)42-46-43(30-16-5-2-6-17-30)48-44(47-42)50-36-21-9-7-18-33(36)35-28-31(25-26-38(35)50)32-20-13-23-39-41(32)34-19-8-10-22-37(34)49(39)40-24-11-12-27-45-40/h1-33H;1-28H. The topological polar surface area (TPSA) is 110 Å². The third-order valence-electron chi connectivity index (χ3n) is 20.2. The average molecular weight is 1360 g/mol. The van der Waals surface area contributed by atoms with Crippen LogP contribution in [0, 0.1) is 0 Å². The Morgan fingerprint density at radius 3 is 1.02 bits per heavy atom. The maximum atomic E-state index is 5.09. The van der Waals surface area contributed by atoms with E-state index in [0.29, 0.717) is 35.1 Å². The lowest BCUT2D eigenvalue weighted by Crippen LogP contribution is -2.06. The molecule has 0 N–H and O–H groups in total. The van der Waals surface area contributed by atoms with E-state index in [9.17, 15) is 0 Å². The second-order valence-corrected chi connectivity index (χ2v) is 26.4. The van der Waals surface area contributed by atoms with Gasteiger partial charge in [-0.3, -0.25) is 9.13 Å². The van der Waals surface area contributed by atoms with E-state index in [0.717, 1.165) is 94.4 Å². The minimum absolute atomic E-state index is 0.581. The molecule has 0 aliphatic carbocycles. The van der Waals surface area contributed by atoms with Crippen LogP contribution in [-0.2, 0) is 0 Å². The molecule has 21 rings (SSSR count). The summed E-state index contributed by atoms with van der Waals surface area (Å²) < 4.78 is 9.16. The number of pyridine rings is 1. The van der Waals surface area contributed by atoms with Gasteiger partial charge >= 0.3 is 0 Å². The molecule has 7 heterocycles. The fourth-order valence-corrected chi connectivity index (χ4v) is 15.5. The molecular formula is C95H61N11. The molecule has 11 nitrogen and oxygen atoms in total. The molecule has 0 amide bonds. The third-order valence-corrected chi connectivity index (χ3v) is 20.2. The van der Waals surface area contributed by atoms with Crippen LogP contribution in [-0.4, -0.2) is 53.2 Å². The number of nitrogens with zero attached hydrogens (tertiary/aromatic N) is 11. The van der Waals surface area contributed by atoms with E-state index >= 15 is 0 Å². The van der Waals surface area contributed by atoms with Gasteiger partial charge in [0.2, 0.25) is 5.95 Å². The highest BCUT2D eigenvalue weighted by molar-refractivity contribution is 6.19. The number of aromatic nitrogens is 11. The van der Waals surface area contributed by atoms with Crippen molar-refractivity contribution in [1.29, 1.82) is 0 Å². The Morgan fingerprint density at radius 1 is 0.189 bits per heavy atom. The Bertz CT molecular complexity index is 6810. The molecule has 11 heteroatoms. The van der Waals surface area contributed by atoms with Crippen LogP contribution in [0.5, 0.6) is 0 Å². The molecule has 0 aliphatic rings. The summed E-state index contributed by atoms with van der Waals surface area (Å²) >= 11 is 0. The molecule has 0 radical (unpaired) electrons. The lowest BCUT2D eigenvalue weighted by molar-refractivity contribution is 0.953. The van der Waals surface area contributed by atoms with Gasteiger partial charge in [-0.15, -0.1) is 0 Å². The third kappa shape index (κ3) is 10.6. The van der Waals surface area contributed by atoms with E-state index in [1.807, 2.05) is 140 Å². The van der Waals surface area contributed by atoms with Crippen molar-refractivity contribution in [3.63, 3.8) is 0 Å². The van der Waals surface area contributed by atoms with Gasteiger partial charge in [-0.25, -0.2) is 24.9 Å². The minimum Gasteiger partial charge on any atom is -0.309 e. The Kier molecular flexibility index (Phi) is 14.9. The summed E-state index contributed by atoms with van der Waals surface area (Å²) in [7, 11) is 0. The molecule has 0 spiro atoms. The van der Waals surface area contributed by atoms with E-state index in [1.165, 1.54) is 60.0 Å². The van der Waals surface area contributed by atoms with E-state index in [-0.39, 0.29) is 0 Å². The second-order valence-electron chi connectivity index (χ2n) is 26.4. The predicted molar refractivity (Wildman–Crippen MR) is 433 cm³/mol. The van der Waals surface area contributed by atoms with Crippen LogP contribution < -0.4 is 0 Å². The molecule has 0 unspecified atom stereocenters. The van der Waals surface area contributed by atoms with Crippen LogP contribution >= 0.6 is 0 Å². The number of hydrogen-bond acceptors (Lipinski definition) is 7. The second kappa shape index (κ2) is 25.8. The summed E-state index contributed by atoms with van der Waals surface area (Å²) in [4.78, 5) is 34.8. The van der Waals surface area contributed by atoms with Gasteiger partial charge in [-0.2, -0.15) is 9.97 Å². The Labute approximate surface area is 609 Å². The summed E-state index contributed by atoms with van der Waals surface area (Å²) in [6, 6.07) is 127. The molecule has 0 aliphatic heterocycles. The number of fused-ring (bicyclic) bond motifs is 12. The molecule has 496 valence electrons. The summed E-state index contributed by atoms with van der Waals surface area (Å²) in [6.45, 7) is 0. The number of para-hydroxylation sites is 5. The van der Waals surface area contributed by atoms with Gasteiger partial charge in [0, 0.05) is 88.5 Å². The number of rotatable bonds is 11. The molecule has 7 aromatic heterocycles. The maximum absolute atomic E-state index is 5.09. The molecule has 14 aromatic carbocycles. The van der Waals surface area contributed by atoms with Crippen molar-refractivity contribution in [3.8, 4) is 102 Å². The molecule has 0 saturated heterocycles. The lowest BCUT2D eigenvalue weighted by Gasteiger charge is -2.12. The summed E-state index contributed by atoms with van der Waals surface area (Å²) in [5.41, 5.74) is 20.6. The first-order valence-electron chi connectivity index (χ1n) is 35.5. The normalized spacial score (nSPS) is 11.6. The number of hydrogen-bond donors (Lipinski definition) is 0. The van der Waals surface area contributed by atoms with Gasteiger partial charge in [0.15, 0.2) is 29.1 Å². The van der Waals surface area contributed by atoms with Crippen molar-refractivity contribution in [2.24, 2.45) is 0 Å². The summed E-state index contributed by atoms with van der Waals surface area (Å²) in [6.07, 6.45) is 1.85. The molecule has 0 saturated carbocycles. The summed E-state index contributed by atoms with van der Waals surface area (Å²) in [5, 5.41) is 9.56.